The number of aryl methyl sites for hydroxylation is 1. The molecule has 1 aromatic carbocycles. The van der Waals surface area contributed by atoms with Crippen LogP contribution in [0.2, 0.25) is 0 Å². The highest BCUT2D eigenvalue weighted by atomic mass is 16.5. The molecular formula is C20H28N4O4. The number of rotatable bonds is 5. The normalized spacial score (nSPS) is 22.2. The van der Waals surface area contributed by atoms with Crippen molar-refractivity contribution in [2.24, 2.45) is 5.73 Å². The summed E-state index contributed by atoms with van der Waals surface area (Å²) in [6.07, 6.45) is 0.528. The number of carbonyl (C=O) groups excluding carboxylic acids is 3. The first-order valence-electron chi connectivity index (χ1n) is 9.80. The number of carbonyl (C=O) groups is 3. The minimum atomic E-state index is -0.995. The van der Waals surface area contributed by atoms with Crippen molar-refractivity contribution in [3.05, 3.63) is 35.4 Å². The van der Waals surface area contributed by atoms with Gasteiger partial charge in [-0.3, -0.25) is 14.4 Å². The van der Waals surface area contributed by atoms with Gasteiger partial charge in [0.2, 0.25) is 0 Å². The zero-order chi connectivity index (χ0) is 20.1. The number of nitrogens with one attached hydrogen (secondary N) is 1. The summed E-state index contributed by atoms with van der Waals surface area (Å²) in [5, 5.41) is 2.73. The van der Waals surface area contributed by atoms with Crippen molar-refractivity contribution < 1.29 is 19.1 Å². The lowest BCUT2D eigenvalue weighted by atomic mass is 10.1. The van der Waals surface area contributed by atoms with Crippen molar-refractivity contribution in [1.29, 1.82) is 0 Å². The highest BCUT2D eigenvalue weighted by Crippen LogP contribution is 2.23. The van der Waals surface area contributed by atoms with E-state index in [4.69, 9.17) is 10.5 Å². The van der Waals surface area contributed by atoms with Crippen LogP contribution in [0, 0.1) is 6.92 Å². The summed E-state index contributed by atoms with van der Waals surface area (Å²) in [5.74, 6) is -0.887. The smallest absolute Gasteiger partial charge is 0.263 e. The number of nitrogens with two attached hydrogens (primary N) is 1. The summed E-state index contributed by atoms with van der Waals surface area (Å²) >= 11 is 0. The second-order valence-electron chi connectivity index (χ2n) is 7.20. The van der Waals surface area contributed by atoms with Crippen molar-refractivity contribution in [2.45, 2.75) is 38.5 Å². The Morgan fingerprint density at radius 2 is 1.86 bits per heavy atom. The van der Waals surface area contributed by atoms with Gasteiger partial charge in [-0.25, -0.2) is 0 Å². The van der Waals surface area contributed by atoms with Crippen LogP contribution in [0.3, 0.4) is 0 Å². The summed E-state index contributed by atoms with van der Waals surface area (Å²) in [7, 11) is 0. The zero-order valence-corrected chi connectivity index (χ0v) is 16.2. The molecule has 3 N–H and O–H groups in total. The lowest BCUT2D eigenvalue weighted by Gasteiger charge is -2.43. The number of amides is 3. The third-order valence-corrected chi connectivity index (χ3v) is 5.11. The van der Waals surface area contributed by atoms with Gasteiger partial charge in [-0.05, 0) is 38.3 Å². The maximum atomic E-state index is 13.1. The van der Waals surface area contributed by atoms with E-state index in [2.05, 4.69) is 5.32 Å². The van der Waals surface area contributed by atoms with Crippen LogP contribution in [0.4, 0.5) is 0 Å². The number of hydrogen-bond acceptors (Lipinski definition) is 5. The molecule has 2 aliphatic rings. The van der Waals surface area contributed by atoms with Crippen LogP contribution in [-0.2, 0) is 14.3 Å². The molecule has 2 atom stereocenters. The van der Waals surface area contributed by atoms with Gasteiger partial charge in [0.25, 0.3) is 17.7 Å². The Labute approximate surface area is 165 Å². The van der Waals surface area contributed by atoms with Crippen LogP contribution in [0.25, 0.3) is 0 Å². The van der Waals surface area contributed by atoms with Crippen molar-refractivity contribution in [3.8, 4) is 0 Å². The Morgan fingerprint density at radius 3 is 2.50 bits per heavy atom. The van der Waals surface area contributed by atoms with Gasteiger partial charge >= 0.3 is 0 Å². The Balaban J connectivity index is 1.87. The molecule has 0 aromatic heterocycles. The fourth-order valence-electron chi connectivity index (χ4n) is 3.66. The number of nitrogens with zero attached hydrogens (tertiary/aromatic N) is 2. The lowest BCUT2D eigenvalue weighted by Crippen LogP contribution is -2.65. The molecule has 2 aliphatic heterocycles. The highest BCUT2D eigenvalue weighted by molar-refractivity contribution is 5.99. The quantitative estimate of drug-likeness (QED) is 0.752. The first-order chi connectivity index (χ1) is 13.5. The topological polar surface area (TPSA) is 105 Å². The van der Waals surface area contributed by atoms with Gasteiger partial charge in [0, 0.05) is 38.3 Å². The molecule has 3 rings (SSSR count). The van der Waals surface area contributed by atoms with Crippen LogP contribution in [-0.4, -0.2) is 72.6 Å². The molecule has 0 radical (unpaired) electrons. The fraction of sp³-hybridized carbons (Fsp3) is 0.550. The molecule has 0 bridgehead atoms. The average molecular weight is 388 g/mol. The molecule has 2 saturated heterocycles. The molecule has 3 amide bonds. The van der Waals surface area contributed by atoms with Crippen LogP contribution >= 0.6 is 0 Å². The summed E-state index contributed by atoms with van der Waals surface area (Å²) in [5.41, 5.74) is 7.04. The lowest BCUT2D eigenvalue weighted by molar-refractivity contribution is -0.155. The molecule has 28 heavy (non-hydrogen) atoms. The molecule has 2 fully saturated rings. The summed E-state index contributed by atoms with van der Waals surface area (Å²) in [6.45, 7) is 3.87. The van der Waals surface area contributed by atoms with E-state index < -0.39 is 18.2 Å². The van der Waals surface area contributed by atoms with Crippen molar-refractivity contribution in [1.82, 2.24) is 15.1 Å². The predicted octanol–water partition coefficient (Wildman–Crippen LogP) is 0.250. The molecule has 8 heteroatoms. The predicted molar refractivity (Wildman–Crippen MR) is 103 cm³/mol. The van der Waals surface area contributed by atoms with E-state index in [-0.39, 0.29) is 24.9 Å². The SMILES string of the molecule is Cc1ccc(C(=O)N2CCCN(C(=O)C3CCCO3)C2C(=O)NCCN)cc1. The van der Waals surface area contributed by atoms with Crippen LogP contribution in [0.15, 0.2) is 24.3 Å². The minimum absolute atomic E-state index is 0.230. The van der Waals surface area contributed by atoms with Crippen LogP contribution < -0.4 is 11.1 Å². The maximum Gasteiger partial charge on any atom is 0.263 e. The first-order valence-corrected chi connectivity index (χ1v) is 9.80. The van der Waals surface area contributed by atoms with E-state index in [0.29, 0.717) is 38.1 Å². The fourth-order valence-corrected chi connectivity index (χ4v) is 3.66. The van der Waals surface area contributed by atoms with E-state index in [1.165, 1.54) is 9.80 Å². The molecule has 8 nitrogen and oxygen atoms in total. The molecule has 1 aromatic rings. The van der Waals surface area contributed by atoms with Gasteiger partial charge in [-0.15, -0.1) is 0 Å². The van der Waals surface area contributed by atoms with E-state index in [9.17, 15) is 14.4 Å². The van der Waals surface area contributed by atoms with Gasteiger partial charge in [-0.1, -0.05) is 17.7 Å². The molecule has 0 saturated carbocycles. The second kappa shape index (κ2) is 9.16. The third-order valence-electron chi connectivity index (χ3n) is 5.11. The Bertz CT molecular complexity index is 715. The van der Waals surface area contributed by atoms with Crippen LogP contribution in [0.5, 0.6) is 0 Å². The van der Waals surface area contributed by atoms with E-state index in [1.54, 1.807) is 12.1 Å². The van der Waals surface area contributed by atoms with Crippen molar-refractivity contribution >= 4 is 17.7 Å². The highest BCUT2D eigenvalue weighted by Gasteiger charge is 2.42. The first kappa shape index (κ1) is 20.3. The van der Waals surface area contributed by atoms with Crippen molar-refractivity contribution in [2.75, 3.05) is 32.8 Å². The average Bonchev–Trinajstić information content (AvgIpc) is 3.26. The minimum Gasteiger partial charge on any atom is -0.368 e. The molecule has 0 spiro atoms. The summed E-state index contributed by atoms with van der Waals surface area (Å²) < 4.78 is 5.52. The van der Waals surface area contributed by atoms with E-state index in [1.807, 2.05) is 19.1 Å². The van der Waals surface area contributed by atoms with Crippen LogP contribution in [0.1, 0.15) is 35.2 Å². The Hall–Kier alpha value is -2.45. The number of benzene rings is 1. The molecular weight excluding hydrogens is 360 g/mol. The van der Waals surface area contributed by atoms with E-state index in [0.717, 1.165) is 12.0 Å². The summed E-state index contributed by atoms with van der Waals surface area (Å²) in [4.78, 5) is 42.0. The number of ether oxygens (including phenoxy) is 1. The third kappa shape index (κ3) is 4.34. The zero-order valence-electron chi connectivity index (χ0n) is 16.2. The summed E-state index contributed by atoms with van der Waals surface area (Å²) in [6, 6.07) is 7.20. The van der Waals surface area contributed by atoms with Gasteiger partial charge in [0.05, 0.1) is 0 Å². The van der Waals surface area contributed by atoms with Gasteiger partial charge in [0.15, 0.2) is 6.17 Å². The molecule has 2 heterocycles. The van der Waals surface area contributed by atoms with Gasteiger partial charge in [0.1, 0.15) is 6.10 Å². The number of hydrogen-bond donors (Lipinski definition) is 2. The van der Waals surface area contributed by atoms with Gasteiger partial charge < -0.3 is 25.6 Å². The standard InChI is InChI=1S/C20H28N4O4/c1-14-5-7-15(8-6-14)19(26)23-11-3-12-24(18(23)17(25)22-10-9-21)20(27)16-4-2-13-28-16/h5-8,16,18H,2-4,9-13,21H2,1H3,(H,22,25). The maximum absolute atomic E-state index is 13.1. The monoisotopic (exact) mass is 388 g/mol. The molecule has 2 unspecified atom stereocenters. The largest absolute Gasteiger partial charge is 0.368 e. The molecule has 152 valence electrons. The Kier molecular flexibility index (Phi) is 6.64. The van der Waals surface area contributed by atoms with Crippen molar-refractivity contribution in [3.63, 3.8) is 0 Å². The van der Waals surface area contributed by atoms with E-state index >= 15 is 0 Å². The van der Waals surface area contributed by atoms with Gasteiger partial charge in [-0.2, -0.15) is 0 Å². The second-order valence-corrected chi connectivity index (χ2v) is 7.20. The Morgan fingerprint density at radius 1 is 1.14 bits per heavy atom. The molecule has 0 aliphatic carbocycles.